The number of H-pyrrole nitrogens is 2. The van der Waals surface area contributed by atoms with Crippen LogP contribution in [0.25, 0.3) is 10.9 Å². The van der Waals surface area contributed by atoms with Crippen molar-refractivity contribution >= 4 is 32.3 Å². The molecule has 0 fully saturated rings. The molecule has 3 aromatic rings. The molecule has 1 unspecified atom stereocenters. The summed E-state index contributed by atoms with van der Waals surface area (Å²) in [4.78, 5) is 30.7. The van der Waals surface area contributed by atoms with Gasteiger partial charge in [-0.2, -0.15) is 0 Å². The second kappa shape index (κ2) is 7.16. The van der Waals surface area contributed by atoms with E-state index >= 15 is 0 Å². The first-order valence-electron chi connectivity index (χ1n) is 7.74. The standard InChI is InChI=1S/C16H18N4O4S2/c1-20(2)13(14-4-3-7-25-14)9-17-26(23,24)10-5-6-12-11(8-10)15(21)19-16(22)18-12/h3-8,13,17H,9H2,1-2H3,(H2,18,19,21,22). The number of hydrogen-bond donors (Lipinski definition) is 3. The van der Waals surface area contributed by atoms with E-state index in [0.29, 0.717) is 0 Å². The minimum atomic E-state index is -3.82. The van der Waals surface area contributed by atoms with Crippen molar-refractivity contribution in [1.82, 2.24) is 19.6 Å². The van der Waals surface area contributed by atoms with Crippen molar-refractivity contribution in [3.63, 3.8) is 0 Å². The van der Waals surface area contributed by atoms with Crippen LogP contribution in [0, 0.1) is 0 Å². The maximum absolute atomic E-state index is 12.6. The number of hydrogen-bond acceptors (Lipinski definition) is 6. The fourth-order valence-electron chi connectivity index (χ4n) is 2.60. The van der Waals surface area contributed by atoms with E-state index in [1.807, 2.05) is 36.5 Å². The number of thiophene rings is 1. The van der Waals surface area contributed by atoms with Crippen molar-refractivity contribution in [3.8, 4) is 0 Å². The van der Waals surface area contributed by atoms with Gasteiger partial charge >= 0.3 is 5.69 Å². The number of benzene rings is 1. The monoisotopic (exact) mass is 394 g/mol. The Hall–Kier alpha value is -2.27. The first kappa shape index (κ1) is 18.5. The van der Waals surface area contributed by atoms with Crippen LogP contribution < -0.4 is 16.0 Å². The van der Waals surface area contributed by atoms with Crippen LogP contribution in [-0.2, 0) is 10.0 Å². The Labute approximate surface area is 153 Å². The van der Waals surface area contributed by atoms with Crippen LogP contribution in [0.2, 0.25) is 0 Å². The Kier molecular flexibility index (Phi) is 5.10. The van der Waals surface area contributed by atoms with Crippen molar-refractivity contribution in [2.24, 2.45) is 0 Å². The summed E-state index contributed by atoms with van der Waals surface area (Å²) >= 11 is 1.56. The Morgan fingerprint density at radius 2 is 1.96 bits per heavy atom. The first-order chi connectivity index (χ1) is 12.3. The smallest absolute Gasteiger partial charge is 0.307 e. The van der Waals surface area contributed by atoms with Gasteiger partial charge in [0.15, 0.2) is 0 Å². The molecular weight excluding hydrogens is 376 g/mol. The van der Waals surface area contributed by atoms with Gasteiger partial charge in [-0.05, 0) is 43.7 Å². The summed E-state index contributed by atoms with van der Waals surface area (Å²) in [5.74, 6) is 0. The second-order valence-electron chi connectivity index (χ2n) is 5.96. The van der Waals surface area contributed by atoms with Gasteiger partial charge in [0.1, 0.15) is 0 Å². The number of rotatable bonds is 6. The third kappa shape index (κ3) is 3.78. The van der Waals surface area contributed by atoms with E-state index in [0.717, 1.165) is 4.88 Å². The number of aromatic amines is 2. The molecule has 2 aromatic heterocycles. The number of aromatic nitrogens is 2. The van der Waals surface area contributed by atoms with Gasteiger partial charge in [0, 0.05) is 11.4 Å². The molecule has 0 aliphatic rings. The normalized spacial score (nSPS) is 13.3. The van der Waals surface area contributed by atoms with Gasteiger partial charge < -0.3 is 9.88 Å². The highest BCUT2D eigenvalue weighted by atomic mass is 32.2. The Morgan fingerprint density at radius 1 is 1.19 bits per heavy atom. The summed E-state index contributed by atoms with van der Waals surface area (Å²) in [5.41, 5.74) is -0.992. The minimum Gasteiger partial charge on any atom is -0.307 e. The highest BCUT2D eigenvalue weighted by Crippen LogP contribution is 2.23. The zero-order valence-electron chi connectivity index (χ0n) is 14.1. The Balaban J connectivity index is 1.89. The molecule has 0 aliphatic carbocycles. The fraction of sp³-hybridized carbons (Fsp3) is 0.250. The average molecular weight is 394 g/mol. The lowest BCUT2D eigenvalue weighted by Gasteiger charge is -2.23. The third-order valence-electron chi connectivity index (χ3n) is 3.98. The number of nitrogens with zero attached hydrogens (tertiary/aromatic N) is 1. The molecular formula is C16H18N4O4S2. The topological polar surface area (TPSA) is 115 Å². The van der Waals surface area contributed by atoms with Crippen LogP contribution in [0.1, 0.15) is 10.9 Å². The molecule has 26 heavy (non-hydrogen) atoms. The average Bonchev–Trinajstić information content (AvgIpc) is 3.08. The molecule has 0 bridgehead atoms. The highest BCUT2D eigenvalue weighted by Gasteiger charge is 2.21. The zero-order chi connectivity index (χ0) is 18.9. The van der Waals surface area contributed by atoms with Crippen molar-refractivity contribution in [2.45, 2.75) is 10.9 Å². The quantitative estimate of drug-likeness (QED) is 0.574. The number of likely N-dealkylation sites (N-methyl/N-ethyl adjacent to an activating group) is 1. The largest absolute Gasteiger partial charge is 0.326 e. The molecule has 2 heterocycles. The molecule has 0 aliphatic heterocycles. The van der Waals surface area contributed by atoms with Crippen LogP contribution >= 0.6 is 11.3 Å². The van der Waals surface area contributed by atoms with Gasteiger partial charge in [-0.1, -0.05) is 6.07 Å². The summed E-state index contributed by atoms with van der Waals surface area (Å²) in [6.45, 7) is 0.190. The molecule has 3 N–H and O–H groups in total. The van der Waals surface area contributed by atoms with E-state index in [-0.39, 0.29) is 28.4 Å². The van der Waals surface area contributed by atoms with E-state index in [9.17, 15) is 18.0 Å². The summed E-state index contributed by atoms with van der Waals surface area (Å²) in [5, 5.41) is 2.05. The molecule has 0 saturated carbocycles. The van der Waals surface area contributed by atoms with Crippen LogP contribution in [0.5, 0.6) is 0 Å². The predicted molar refractivity (Wildman–Crippen MR) is 101 cm³/mol. The van der Waals surface area contributed by atoms with E-state index < -0.39 is 21.3 Å². The van der Waals surface area contributed by atoms with Gasteiger partial charge in [0.2, 0.25) is 10.0 Å². The maximum atomic E-state index is 12.6. The van der Waals surface area contributed by atoms with E-state index in [2.05, 4.69) is 14.7 Å². The molecule has 8 nitrogen and oxygen atoms in total. The van der Waals surface area contributed by atoms with Crippen LogP contribution in [0.3, 0.4) is 0 Å². The predicted octanol–water partition coefficient (Wildman–Crippen LogP) is 0.859. The van der Waals surface area contributed by atoms with Crippen LogP contribution in [-0.4, -0.2) is 43.9 Å². The lowest BCUT2D eigenvalue weighted by molar-refractivity contribution is 0.303. The second-order valence-corrected chi connectivity index (χ2v) is 8.71. The third-order valence-corrected chi connectivity index (χ3v) is 6.38. The lowest BCUT2D eigenvalue weighted by atomic mass is 10.2. The highest BCUT2D eigenvalue weighted by molar-refractivity contribution is 7.89. The fourth-order valence-corrected chi connectivity index (χ4v) is 4.59. The van der Waals surface area contributed by atoms with Gasteiger partial charge in [-0.25, -0.2) is 17.9 Å². The van der Waals surface area contributed by atoms with Gasteiger partial charge in [0.25, 0.3) is 5.56 Å². The summed E-state index contributed by atoms with van der Waals surface area (Å²) in [6.07, 6.45) is 0. The Bertz CT molecular complexity index is 1130. The summed E-state index contributed by atoms with van der Waals surface area (Å²) in [6, 6.07) is 7.78. The number of nitrogens with one attached hydrogen (secondary N) is 3. The van der Waals surface area contributed by atoms with Gasteiger partial charge in [-0.3, -0.25) is 9.78 Å². The van der Waals surface area contributed by atoms with Crippen molar-refractivity contribution < 1.29 is 8.42 Å². The molecule has 0 radical (unpaired) electrons. The van der Waals surface area contributed by atoms with Gasteiger partial charge in [-0.15, -0.1) is 11.3 Å². The van der Waals surface area contributed by atoms with E-state index in [4.69, 9.17) is 0 Å². The van der Waals surface area contributed by atoms with Gasteiger partial charge in [0.05, 0.1) is 21.8 Å². The molecule has 1 atom stereocenters. The Morgan fingerprint density at radius 3 is 2.62 bits per heavy atom. The molecule has 0 spiro atoms. The molecule has 3 rings (SSSR count). The van der Waals surface area contributed by atoms with Crippen molar-refractivity contribution in [1.29, 1.82) is 0 Å². The summed E-state index contributed by atoms with van der Waals surface area (Å²) < 4.78 is 27.9. The SMILES string of the molecule is CN(C)C(CNS(=O)(=O)c1ccc2[nH]c(=O)[nH]c(=O)c2c1)c1cccs1. The lowest BCUT2D eigenvalue weighted by Crippen LogP contribution is -2.34. The molecule has 10 heteroatoms. The van der Waals surface area contributed by atoms with E-state index in [1.54, 1.807) is 11.3 Å². The maximum Gasteiger partial charge on any atom is 0.326 e. The first-order valence-corrected chi connectivity index (χ1v) is 10.1. The number of sulfonamides is 1. The van der Waals surface area contributed by atoms with E-state index in [1.165, 1.54) is 18.2 Å². The number of fused-ring (bicyclic) bond motifs is 1. The molecule has 138 valence electrons. The molecule has 0 saturated heterocycles. The van der Waals surface area contributed by atoms with Crippen LogP contribution in [0.15, 0.2) is 50.2 Å². The molecule has 0 amide bonds. The van der Waals surface area contributed by atoms with Crippen molar-refractivity contribution in [2.75, 3.05) is 20.6 Å². The van der Waals surface area contributed by atoms with Crippen molar-refractivity contribution in [3.05, 3.63) is 61.4 Å². The molecule has 1 aromatic carbocycles. The van der Waals surface area contributed by atoms with Crippen LogP contribution in [0.4, 0.5) is 0 Å². The summed E-state index contributed by atoms with van der Waals surface area (Å²) in [7, 11) is -0.0560. The zero-order valence-corrected chi connectivity index (χ0v) is 15.8. The minimum absolute atomic E-state index is 0.0359.